The van der Waals surface area contributed by atoms with Gasteiger partial charge in [-0.2, -0.15) is 0 Å². The fourth-order valence-corrected chi connectivity index (χ4v) is 3.09. The van der Waals surface area contributed by atoms with E-state index in [1.54, 1.807) is 0 Å². The Kier molecular flexibility index (Phi) is 4.04. The highest BCUT2D eigenvalue weighted by Gasteiger charge is 2.31. The number of hydrogen-bond acceptors (Lipinski definition) is 6. The fraction of sp³-hybridized carbons (Fsp3) is 0.438. The third kappa shape index (κ3) is 3.23. The molecule has 1 aromatic rings. The number of nitrogens with zero attached hydrogens (tertiary/aromatic N) is 2. The maximum atomic E-state index is 6.48. The van der Waals surface area contributed by atoms with E-state index in [1.807, 2.05) is 31.3 Å². The molecule has 2 heterocycles. The summed E-state index contributed by atoms with van der Waals surface area (Å²) >= 11 is 0. The Bertz CT molecular complexity index is 582. The SMILES string of the molecule is CN[C@@H]1CCN(C2=CC(N)(Cc3ccccc3)N=C(N)N2)C1. The van der Waals surface area contributed by atoms with E-state index in [1.165, 1.54) is 0 Å². The molecule has 22 heavy (non-hydrogen) atoms. The molecule has 0 bridgehead atoms. The molecule has 2 aliphatic heterocycles. The Morgan fingerprint density at radius 1 is 1.41 bits per heavy atom. The highest BCUT2D eigenvalue weighted by Crippen LogP contribution is 2.22. The van der Waals surface area contributed by atoms with Crippen LogP contribution >= 0.6 is 0 Å². The second-order valence-electron chi connectivity index (χ2n) is 6.03. The predicted octanol–water partition coefficient (Wildman–Crippen LogP) is -0.0629. The van der Waals surface area contributed by atoms with Crippen LogP contribution in [0.15, 0.2) is 47.2 Å². The summed E-state index contributed by atoms with van der Waals surface area (Å²) < 4.78 is 0. The minimum Gasteiger partial charge on any atom is -0.370 e. The van der Waals surface area contributed by atoms with Crippen molar-refractivity contribution < 1.29 is 0 Å². The first-order valence-electron chi connectivity index (χ1n) is 7.68. The Morgan fingerprint density at radius 3 is 2.86 bits per heavy atom. The number of nitrogens with two attached hydrogens (primary N) is 2. The number of aliphatic imine (C=N–C) groups is 1. The van der Waals surface area contributed by atoms with E-state index in [-0.39, 0.29) is 0 Å². The molecule has 6 nitrogen and oxygen atoms in total. The van der Waals surface area contributed by atoms with Crippen molar-refractivity contribution in [3.63, 3.8) is 0 Å². The lowest BCUT2D eigenvalue weighted by Gasteiger charge is -2.32. The van der Waals surface area contributed by atoms with Crippen LogP contribution in [0.25, 0.3) is 0 Å². The summed E-state index contributed by atoms with van der Waals surface area (Å²) in [5.41, 5.74) is 12.8. The van der Waals surface area contributed by atoms with Gasteiger partial charge in [0.25, 0.3) is 0 Å². The third-order valence-electron chi connectivity index (χ3n) is 4.24. The molecule has 6 heteroatoms. The Morgan fingerprint density at radius 2 is 2.18 bits per heavy atom. The second-order valence-corrected chi connectivity index (χ2v) is 6.03. The summed E-state index contributed by atoms with van der Waals surface area (Å²) in [7, 11) is 2.00. The van der Waals surface area contributed by atoms with Crippen LogP contribution in [-0.2, 0) is 6.42 Å². The van der Waals surface area contributed by atoms with Crippen molar-refractivity contribution in [3.05, 3.63) is 47.8 Å². The van der Waals surface area contributed by atoms with E-state index in [0.29, 0.717) is 18.4 Å². The van der Waals surface area contributed by atoms with Gasteiger partial charge in [0.15, 0.2) is 5.96 Å². The zero-order chi connectivity index (χ0) is 15.6. The highest BCUT2D eigenvalue weighted by atomic mass is 15.3. The largest absolute Gasteiger partial charge is 0.370 e. The van der Waals surface area contributed by atoms with Crippen LogP contribution < -0.4 is 22.1 Å². The maximum Gasteiger partial charge on any atom is 0.196 e. The van der Waals surface area contributed by atoms with Gasteiger partial charge in [-0.15, -0.1) is 0 Å². The summed E-state index contributed by atoms with van der Waals surface area (Å²) in [4.78, 5) is 6.69. The highest BCUT2D eigenvalue weighted by molar-refractivity contribution is 5.81. The zero-order valence-electron chi connectivity index (χ0n) is 12.9. The van der Waals surface area contributed by atoms with Gasteiger partial charge >= 0.3 is 0 Å². The summed E-state index contributed by atoms with van der Waals surface area (Å²) in [6.45, 7) is 1.93. The number of rotatable bonds is 4. The molecule has 0 aromatic heterocycles. The monoisotopic (exact) mass is 300 g/mol. The van der Waals surface area contributed by atoms with Crippen molar-refractivity contribution in [1.29, 1.82) is 0 Å². The van der Waals surface area contributed by atoms with Crippen LogP contribution in [0.4, 0.5) is 0 Å². The van der Waals surface area contributed by atoms with Crippen LogP contribution in [0.2, 0.25) is 0 Å². The molecule has 0 saturated carbocycles. The van der Waals surface area contributed by atoms with Crippen molar-refractivity contribution in [3.8, 4) is 0 Å². The lowest BCUT2D eigenvalue weighted by Crippen LogP contribution is -2.51. The van der Waals surface area contributed by atoms with Gasteiger partial charge in [-0.05, 0) is 25.1 Å². The topological polar surface area (TPSA) is 91.7 Å². The Labute approximate surface area is 131 Å². The molecule has 0 spiro atoms. The molecule has 2 atom stereocenters. The smallest absolute Gasteiger partial charge is 0.196 e. The number of benzene rings is 1. The van der Waals surface area contributed by atoms with E-state index in [2.05, 4.69) is 32.7 Å². The first-order valence-corrected chi connectivity index (χ1v) is 7.68. The van der Waals surface area contributed by atoms with E-state index in [9.17, 15) is 0 Å². The lowest BCUT2D eigenvalue weighted by molar-refractivity contribution is 0.377. The van der Waals surface area contributed by atoms with Gasteiger partial charge in [0.1, 0.15) is 11.5 Å². The van der Waals surface area contributed by atoms with Crippen molar-refractivity contribution in [2.75, 3.05) is 20.1 Å². The molecule has 118 valence electrons. The summed E-state index contributed by atoms with van der Waals surface area (Å²) in [6.07, 6.45) is 3.74. The standard InChI is InChI=1S/C16H24N6/c1-19-13-7-8-22(11-13)14-10-16(18,21-15(17)20-14)9-12-5-3-2-4-6-12/h2-6,10,13,19H,7-9,11,18H2,1H3,(H3,17,20,21)/t13-,16?/m1/s1. The molecule has 2 aliphatic rings. The average molecular weight is 300 g/mol. The van der Waals surface area contributed by atoms with Crippen molar-refractivity contribution in [2.45, 2.75) is 24.5 Å². The summed E-state index contributed by atoms with van der Waals surface area (Å²) in [5.74, 6) is 1.34. The number of nitrogens with one attached hydrogen (secondary N) is 2. The minimum atomic E-state index is -0.802. The average Bonchev–Trinajstić information content (AvgIpc) is 2.96. The Hall–Kier alpha value is -2.05. The van der Waals surface area contributed by atoms with Gasteiger partial charge in [-0.25, -0.2) is 4.99 Å². The number of likely N-dealkylation sites (tertiary alicyclic amines) is 1. The van der Waals surface area contributed by atoms with Gasteiger partial charge in [-0.3, -0.25) is 0 Å². The van der Waals surface area contributed by atoms with Crippen molar-refractivity contribution in [2.24, 2.45) is 16.5 Å². The summed E-state index contributed by atoms with van der Waals surface area (Å²) in [5, 5.41) is 6.47. The molecule has 0 radical (unpaired) electrons. The molecular weight excluding hydrogens is 276 g/mol. The molecular formula is C16H24N6. The van der Waals surface area contributed by atoms with Crippen molar-refractivity contribution in [1.82, 2.24) is 15.5 Å². The quantitative estimate of drug-likeness (QED) is 0.625. The van der Waals surface area contributed by atoms with Crippen molar-refractivity contribution >= 4 is 5.96 Å². The van der Waals surface area contributed by atoms with Gasteiger partial charge in [0.2, 0.25) is 0 Å². The molecule has 1 aromatic carbocycles. The molecule has 1 unspecified atom stereocenters. The second kappa shape index (κ2) is 5.98. The van der Waals surface area contributed by atoms with Crippen LogP contribution in [0.1, 0.15) is 12.0 Å². The minimum absolute atomic E-state index is 0.379. The molecule has 0 amide bonds. The molecule has 1 saturated heterocycles. The van der Waals surface area contributed by atoms with Crippen LogP contribution in [0, 0.1) is 0 Å². The first kappa shape index (κ1) is 14.9. The lowest BCUT2D eigenvalue weighted by atomic mass is 9.99. The molecule has 3 rings (SSSR count). The van der Waals surface area contributed by atoms with Gasteiger partial charge in [-0.1, -0.05) is 30.3 Å². The van der Waals surface area contributed by atoms with E-state index in [4.69, 9.17) is 11.5 Å². The predicted molar refractivity (Wildman–Crippen MR) is 88.9 cm³/mol. The number of likely N-dealkylation sites (N-methyl/N-ethyl adjacent to an activating group) is 1. The van der Waals surface area contributed by atoms with E-state index >= 15 is 0 Å². The van der Waals surface area contributed by atoms with Gasteiger partial charge in [0, 0.05) is 25.6 Å². The van der Waals surface area contributed by atoms with Crippen LogP contribution in [0.3, 0.4) is 0 Å². The van der Waals surface area contributed by atoms with Crippen LogP contribution in [0.5, 0.6) is 0 Å². The van der Waals surface area contributed by atoms with E-state index in [0.717, 1.165) is 30.9 Å². The first-order chi connectivity index (χ1) is 10.6. The van der Waals surface area contributed by atoms with Gasteiger partial charge < -0.3 is 27.0 Å². The zero-order valence-corrected chi connectivity index (χ0v) is 12.9. The molecule has 1 fully saturated rings. The molecule has 0 aliphatic carbocycles. The van der Waals surface area contributed by atoms with E-state index < -0.39 is 5.66 Å². The number of hydrogen-bond donors (Lipinski definition) is 4. The summed E-state index contributed by atoms with van der Waals surface area (Å²) in [6, 6.07) is 10.6. The van der Waals surface area contributed by atoms with Gasteiger partial charge in [0.05, 0.1) is 0 Å². The molecule has 6 N–H and O–H groups in total. The third-order valence-corrected chi connectivity index (χ3v) is 4.24. The van der Waals surface area contributed by atoms with Crippen LogP contribution in [-0.4, -0.2) is 42.7 Å². The normalized spacial score (nSPS) is 28.1. The maximum absolute atomic E-state index is 6.48. The fourth-order valence-electron chi connectivity index (χ4n) is 3.09. The number of guanidine groups is 1. The Balaban J connectivity index is 1.79.